The van der Waals surface area contributed by atoms with Crippen molar-refractivity contribution in [2.24, 2.45) is 0 Å². The molecular weight excluding hydrogens is 180 g/mol. The number of piperidine rings is 1. The Balaban J connectivity index is 2.48. The minimum absolute atomic E-state index is 0.00350. The Labute approximate surface area is 84.7 Å². The van der Waals surface area contributed by atoms with E-state index in [0.29, 0.717) is 0 Å². The average molecular weight is 198 g/mol. The molecule has 0 aliphatic carbocycles. The van der Waals surface area contributed by atoms with Crippen molar-refractivity contribution in [3.8, 4) is 0 Å². The average Bonchev–Trinajstić information content (AvgIpc) is 2.02. The highest BCUT2D eigenvalue weighted by Gasteiger charge is 2.31. The van der Waals surface area contributed by atoms with E-state index in [2.05, 4.69) is 5.32 Å². The summed E-state index contributed by atoms with van der Waals surface area (Å²) in [7, 11) is 0. The first-order valence-electron chi connectivity index (χ1n) is 4.97. The van der Waals surface area contributed by atoms with E-state index in [-0.39, 0.29) is 17.4 Å². The highest BCUT2D eigenvalue weighted by molar-refractivity contribution is 5.74. The number of nitrogens with one attached hydrogen (secondary N) is 1. The molecule has 0 spiro atoms. The van der Waals surface area contributed by atoms with E-state index in [9.17, 15) is 9.59 Å². The van der Waals surface area contributed by atoms with Crippen LogP contribution >= 0.6 is 0 Å². The highest BCUT2D eigenvalue weighted by atomic mass is 16.2. The zero-order valence-electron chi connectivity index (χ0n) is 9.09. The lowest BCUT2D eigenvalue weighted by Crippen LogP contribution is -2.53. The van der Waals surface area contributed by atoms with Crippen LogP contribution in [0.3, 0.4) is 0 Å². The molecule has 4 nitrogen and oxygen atoms in total. The molecule has 0 aromatic heterocycles. The first kappa shape index (κ1) is 11.0. The van der Waals surface area contributed by atoms with Crippen LogP contribution in [-0.2, 0) is 9.59 Å². The quantitative estimate of drug-likeness (QED) is 0.668. The molecule has 1 heterocycles. The molecule has 1 saturated heterocycles. The van der Waals surface area contributed by atoms with Crippen molar-refractivity contribution in [3.05, 3.63) is 0 Å². The lowest BCUT2D eigenvalue weighted by Gasteiger charge is -2.39. The molecule has 0 bridgehead atoms. The fourth-order valence-electron chi connectivity index (χ4n) is 1.87. The zero-order chi connectivity index (χ0) is 10.8. The van der Waals surface area contributed by atoms with Crippen molar-refractivity contribution < 1.29 is 9.59 Å². The standard InChI is InChI=1S/C10H18N2O2/c1-8(13)11-10(3)4-6-12(7-5-10)9(2)14/h4-7H2,1-3H3,(H,11,13). The largest absolute Gasteiger partial charge is 0.351 e. The number of carbonyl (C=O) groups is 2. The van der Waals surface area contributed by atoms with Gasteiger partial charge in [-0.2, -0.15) is 0 Å². The van der Waals surface area contributed by atoms with Crippen molar-refractivity contribution in [2.75, 3.05) is 13.1 Å². The first-order valence-corrected chi connectivity index (χ1v) is 4.97. The smallest absolute Gasteiger partial charge is 0.219 e. The summed E-state index contributed by atoms with van der Waals surface area (Å²) < 4.78 is 0. The van der Waals surface area contributed by atoms with Crippen LogP contribution in [0.25, 0.3) is 0 Å². The second kappa shape index (κ2) is 3.98. The van der Waals surface area contributed by atoms with Gasteiger partial charge in [-0.15, -0.1) is 0 Å². The molecule has 2 amide bonds. The number of likely N-dealkylation sites (tertiary alicyclic amines) is 1. The molecule has 1 fully saturated rings. The number of amides is 2. The monoisotopic (exact) mass is 198 g/mol. The second-order valence-corrected chi connectivity index (χ2v) is 4.25. The Morgan fingerprint density at radius 2 is 1.71 bits per heavy atom. The molecule has 80 valence electrons. The third kappa shape index (κ3) is 2.72. The van der Waals surface area contributed by atoms with E-state index < -0.39 is 0 Å². The molecule has 0 atom stereocenters. The molecule has 0 aromatic rings. The maximum absolute atomic E-state index is 11.1. The van der Waals surface area contributed by atoms with Crippen molar-refractivity contribution in [2.45, 2.75) is 39.2 Å². The fraction of sp³-hybridized carbons (Fsp3) is 0.800. The van der Waals surface area contributed by atoms with Crippen LogP contribution in [0.15, 0.2) is 0 Å². The van der Waals surface area contributed by atoms with E-state index in [1.54, 1.807) is 6.92 Å². The van der Waals surface area contributed by atoms with Crippen molar-refractivity contribution in [1.29, 1.82) is 0 Å². The van der Waals surface area contributed by atoms with Crippen LogP contribution in [0.4, 0.5) is 0 Å². The summed E-state index contributed by atoms with van der Waals surface area (Å²) in [4.78, 5) is 23.8. The van der Waals surface area contributed by atoms with Crippen molar-refractivity contribution in [3.63, 3.8) is 0 Å². The van der Waals surface area contributed by atoms with Gasteiger partial charge in [-0.25, -0.2) is 0 Å². The van der Waals surface area contributed by atoms with Gasteiger partial charge in [0.2, 0.25) is 11.8 Å². The third-order valence-electron chi connectivity index (χ3n) is 2.79. The van der Waals surface area contributed by atoms with Gasteiger partial charge in [0, 0.05) is 32.5 Å². The van der Waals surface area contributed by atoms with E-state index in [4.69, 9.17) is 0 Å². The van der Waals surface area contributed by atoms with E-state index in [0.717, 1.165) is 25.9 Å². The van der Waals surface area contributed by atoms with Crippen LogP contribution in [0.1, 0.15) is 33.6 Å². The van der Waals surface area contributed by atoms with Gasteiger partial charge in [0.25, 0.3) is 0 Å². The SMILES string of the molecule is CC(=O)NC1(C)CCN(C(C)=O)CC1. The second-order valence-electron chi connectivity index (χ2n) is 4.25. The number of hydrogen-bond donors (Lipinski definition) is 1. The molecule has 0 unspecified atom stereocenters. The topological polar surface area (TPSA) is 49.4 Å². The number of carbonyl (C=O) groups excluding carboxylic acids is 2. The van der Waals surface area contributed by atoms with Gasteiger partial charge in [-0.1, -0.05) is 0 Å². The molecule has 0 aromatic carbocycles. The van der Waals surface area contributed by atoms with Gasteiger partial charge in [0.1, 0.15) is 0 Å². The Bertz CT molecular complexity index is 243. The van der Waals surface area contributed by atoms with Gasteiger partial charge in [-0.05, 0) is 19.8 Å². The summed E-state index contributed by atoms with van der Waals surface area (Å²) in [6.07, 6.45) is 1.68. The zero-order valence-corrected chi connectivity index (χ0v) is 9.09. The first-order chi connectivity index (χ1) is 6.43. The maximum Gasteiger partial charge on any atom is 0.219 e. The van der Waals surface area contributed by atoms with Crippen LogP contribution in [-0.4, -0.2) is 35.3 Å². The molecule has 1 rings (SSSR count). The Kier molecular flexibility index (Phi) is 3.13. The molecule has 4 heteroatoms. The Morgan fingerprint density at radius 3 is 2.07 bits per heavy atom. The van der Waals surface area contributed by atoms with Crippen LogP contribution in [0.5, 0.6) is 0 Å². The van der Waals surface area contributed by atoms with Crippen molar-refractivity contribution >= 4 is 11.8 Å². The minimum Gasteiger partial charge on any atom is -0.351 e. The summed E-state index contributed by atoms with van der Waals surface area (Å²) in [6, 6.07) is 0. The Morgan fingerprint density at radius 1 is 1.21 bits per heavy atom. The van der Waals surface area contributed by atoms with Crippen LogP contribution in [0, 0.1) is 0 Å². The van der Waals surface area contributed by atoms with Gasteiger partial charge >= 0.3 is 0 Å². The van der Waals surface area contributed by atoms with Crippen LogP contribution in [0.2, 0.25) is 0 Å². The lowest BCUT2D eigenvalue weighted by atomic mass is 9.89. The molecule has 0 radical (unpaired) electrons. The minimum atomic E-state index is -0.127. The Hall–Kier alpha value is -1.06. The highest BCUT2D eigenvalue weighted by Crippen LogP contribution is 2.21. The van der Waals surface area contributed by atoms with Gasteiger partial charge in [-0.3, -0.25) is 9.59 Å². The van der Waals surface area contributed by atoms with E-state index >= 15 is 0 Å². The lowest BCUT2D eigenvalue weighted by molar-refractivity contribution is -0.130. The molecule has 1 aliphatic rings. The summed E-state index contributed by atoms with van der Waals surface area (Å²) in [5, 5.41) is 2.94. The van der Waals surface area contributed by atoms with Gasteiger partial charge in [0.05, 0.1) is 0 Å². The van der Waals surface area contributed by atoms with Crippen molar-refractivity contribution in [1.82, 2.24) is 10.2 Å². The van der Waals surface area contributed by atoms with Crippen LogP contribution < -0.4 is 5.32 Å². The summed E-state index contributed by atoms with van der Waals surface area (Å²) in [5.74, 6) is 0.124. The fourth-order valence-corrected chi connectivity index (χ4v) is 1.87. The molecule has 14 heavy (non-hydrogen) atoms. The summed E-state index contributed by atoms with van der Waals surface area (Å²) in [5.41, 5.74) is -0.127. The van der Waals surface area contributed by atoms with Gasteiger partial charge < -0.3 is 10.2 Å². The molecule has 1 aliphatic heterocycles. The summed E-state index contributed by atoms with van der Waals surface area (Å²) >= 11 is 0. The number of hydrogen-bond acceptors (Lipinski definition) is 2. The number of rotatable bonds is 1. The number of nitrogens with zero attached hydrogens (tertiary/aromatic N) is 1. The van der Waals surface area contributed by atoms with Gasteiger partial charge in [0.15, 0.2) is 0 Å². The van der Waals surface area contributed by atoms with E-state index in [1.807, 2.05) is 11.8 Å². The third-order valence-corrected chi connectivity index (χ3v) is 2.79. The predicted molar refractivity (Wildman–Crippen MR) is 53.7 cm³/mol. The molecule has 1 N–H and O–H groups in total. The summed E-state index contributed by atoms with van der Waals surface area (Å²) in [6.45, 7) is 6.63. The van der Waals surface area contributed by atoms with E-state index in [1.165, 1.54) is 6.92 Å². The molecule has 0 saturated carbocycles. The maximum atomic E-state index is 11.1. The molecular formula is C10H18N2O2. The normalized spacial score (nSPS) is 20.4. The predicted octanol–water partition coefficient (Wildman–Crippen LogP) is 0.524.